The van der Waals surface area contributed by atoms with E-state index >= 15 is 0 Å². The summed E-state index contributed by atoms with van der Waals surface area (Å²) in [6, 6.07) is 21.2. The number of methoxy groups -OCH3 is 1. The predicted octanol–water partition coefficient (Wildman–Crippen LogP) is 4.53. The molecule has 0 saturated carbocycles. The van der Waals surface area contributed by atoms with E-state index in [2.05, 4.69) is 4.90 Å². The SMILES string of the molecule is COc1ccccc1/C=C/CN(CCN1CCN(C(=O)c2cccc([N+](=O)[O-])c2)CC1)C(=O)c1ccc(C)cc1. The smallest absolute Gasteiger partial charge is 0.270 e. The van der Waals surface area contributed by atoms with Gasteiger partial charge in [-0.05, 0) is 31.2 Å². The topological polar surface area (TPSA) is 96.2 Å². The van der Waals surface area contributed by atoms with Crippen LogP contribution in [0.5, 0.6) is 5.75 Å². The molecular weight excluding hydrogens is 508 g/mol. The molecule has 2 amide bonds. The van der Waals surface area contributed by atoms with Crippen LogP contribution in [0.2, 0.25) is 0 Å². The normalized spacial score (nSPS) is 13.8. The van der Waals surface area contributed by atoms with Crippen molar-refractivity contribution in [3.05, 3.63) is 111 Å². The Bertz CT molecular complexity index is 1360. The van der Waals surface area contributed by atoms with Gasteiger partial charge in [-0.3, -0.25) is 24.6 Å². The molecule has 1 aliphatic rings. The zero-order valence-corrected chi connectivity index (χ0v) is 22.9. The van der Waals surface area contributed by atoms with Crippen molar-refractivity contribution < 1.29 is 19.2 Å². The van der Waals surface area contributed by atoms with Crippen LogP contribution in [-0.2, 0) is 0 Å². The molecular formula is C31H34N4O5. The second kappa shape index (κ2) is 13.5. The lowest BCUT2D eigenvalue weighted by molar-refractivity contribution is -0.384. The number of non-ortho nitro benzene ring substituents is 1. The van der Waals surface area contributed by atoms with Gasteiger partial charge in [0.05, 0.1) is 12.0 Å². The Balaban J connectivity index is 1.37. The highest BCUT2D eigenvalue weighted by Crippen LogP contribution is 2.19. The number of rotatable bonds is 10. The van der Waals surface area contributed by atoms with E-state index in [4.69, 9.17) is 4.74 Å². The van der Waals surface area contributed by atoms with E-state index in [1.54, 1.807) is 18.1 Å². The first-order valence-corrected chi connectivity index (χ1v) is 13.3. The number of ether oxygens (including phenoxy) is 1. The molecule has 1 heterocycles. The third kappa shape index (κ3) is 7.33. The monoisotopic (exact) mass is 542 g/mol. The molecule has 40 heavy (non-hydrogen) atoms. The highest BCUT2D eigenvalue weighted by atomic mass is 16.6. The zero-order valence-electron chi connectivity index (χ0n) is 22.9. The van der Waals surface area contributed by atoms with E-state index < -0.39 is 4.92 Å². The molecule has 0 unspecified atom stereocenters. The minimum atomic E-state index is -0.496. The number of amides is 2. The maximum atomic E-state index is 13.4. The lowest BCUT2D eigenvalue weighted by atomic mass is 10.1. The van der Waals surface area contributed by atoms with E-state index in [0.29, 0.717) is 56.9 Å². The van der Waals surface area contributed by atoms with Gasteiger partial charge in [0.1, 0.15) is 5.75 Å². The van der Waals surface area contributed by atoms with Gasteiger partial charge in [-0.1, -0.05) is 54.1 Å². The summed E-state index contributed by atoms with van der Waals surface area (Å²) in [6.07, 6.45) is 3.94. The van der Waals surface area contributed by atoms with Crippen LogP contribution >= 0.6 is 0 Å². The summed E-state index contributed by atoms with van der Waals surface area (Å²) in [5.41, 5.74) is 2.90. The van der Waals surface area contributed by atoms with Gasteiger partial charge in [-0.2, -0.15) is 0 Å². The molecule has 1 fully saturated rings. The molecule has 0 aliphatic carbocycles. The first kappa shape index (κ1) is 28.5. The third-order valence-electron chi connectivity index (χ3n) is 7.00. The van der Waals surface area contributed by atoms with Crippen molar-refractivity contribution in [2.24, 2.45) is 0 Å². The molecule has 9 nitrogen and oxygen atoms in total. The van der Waals surface area contributed by atoms with E-state index in [1.807, 2.05) is 72.5 Å². The molecule has 0 spiro atoms. The number of nitro benzene ring substituents is 1. The fourth-order valence-corrected chi connectivity index (χ4v) is 4.64. The van der Waals surface area contributed by atoms with Crippen LogP contribution in [0.1, 0.15) is 31.8 Å². The number of nitrogens with zero attached hydrogens (tertiary/aromatic N) is 4. The van der Waals surface area contributed by atoms with Crippen LogP contribution in [-0.4, -0.2) is 84.4 Å². The first-order chi connectivity index (χ1) is 19.4. The van der Waals surface area contributed by atoms with E-state index in [-0.39, 0.29) is 17.5 Å². The van der Waals surface area contributed by atoms with Crippen molar-refractivity contribution in [1.29, 1.82) is 0 Å². The number of benzene rings is 3. The van der Waals surface area contributed by atoms with Gasteiger partial charge >= 0.3 is 0 Å². The van der Waals surface area contributed by atoms with Gasteiger partial charge in [0.15, 0.2) is 0 Å². The van der Waals surface area contributed by atoms with E-state index in [1.165, 1.54) is 18.2 Å². The number of hydrogen-bond acceptors (Lipinski definition) is 6. The van der Waals surface area contributed by atoms with Crippen molar-refractivity contribution in [3.63, 3.8) is 0 Å². The minimum absolute atomic E-state index is 0.0378. The summed E-state index contributed by atoms with van der Waals surface area (Å²) < 4.78 is 5.43. The number of nitro groups is 1. The molecule has 1 aliphatic heterocycles. The molecule has 0 radical (unpaired) electrons. The largest absolute Gasteiger partial charge is 0.496 e. The number of carbonyl (C=O) groups excluding carboxylic acids is 2. The fourth-order valence-electron chi connectivity index (χ4n) is 4.64. The Morgan fingerprint density at radius 2 is 1.70 bits per heavy atom. The lowest BCUT2D eigenvalue weighted by Gasteiger charge is -2.35. The summed E-state index contributed by atoms with van der Waals surface area (Å²) in [5.74, 6) is 0.526. The maximum absolute atomic E-state index is 13.4. The van der Waals surface area contributed by atoms with Gasteiger partial charge < -0.3 is 14.5 Å². The summed E-state index contributed by atoms with van der Waals surface area (Å²) in [6.45, 7) is 5.97. The van der Waals surface area contributed by atoms with Gasteiger partial charge in [-0.15, -0.1) is 0 Å². The van der Waals surface area contributed by atoms with Crippen LogP contribution in [0, 0.1) is 17.0 Å². The standard InChI is InChI=1S/C31H34N4O5/c1-24-12-14-26(15-13-24)30(36)33(16-6-9-25-7-3-4-11-29(25)40-2)20-17-32-18-21-34(22-19-32)31(37)27-8-5-10-28(23-27)35(38)39/h3-15,23H,16-22H2,1-2H3/b9-6+. The van der Waals surface area contributed by atoms with Crippen LogP contribution in [0.4, 0.5) is 5.69 Å². The Hall–Kier alpha value is -4.50. The highest BCUT2D eigenvalue weighted by molar-refractivity contribution is 5.95. The van der Waals surface area contributed by atoms with Crippen LogP contribution in [0.15, 0.2) is 78.9 Å². The summed E-state index contributed by atoms with van der Waals surface area (Å²) in [4.78, 5) is 42.7. The number of para-hydroxylation sites is 1. The second-order valence-electron chi connectivity index (χ2n) is 9.70. The minimum Gasteiger partial charge on any atom is -0.496 e. The summed E-state index contributed by atoms with van der Waals surface area (Å²) in [5, 5.41) is 11.1. The summed E-state index contributed by atoms with van der Waals surface area (Å²) in [7, 11) is 1.64. The Kier molecular flexibility index (Phi) is 9.64. The number of carbonyl (C=O) groups is 2. The van der Waals surface area contributed by atoms with Crippen molar-refractivity contribution in [3.8, 4) is 5.75 Å². The van der Waals surface area contributed by atoms with Gasteiger partial charge in [0.25, 0.3) is 17.5 Å². The number of piperazine rings is 1. The van der Waals surface area contributed by atoms with Gasteiger partial charge in [0, 0.05) is 74.6 Å². The number of hydrogen-bond donors (Lipinski definition) is 0. The quantitative estimate of drug-likeness (QED) is 0.276. The lowest BCUT2D eigenvalue weighted by Crippen LogP contribution is -2.50. The van der Waals surface area contributed by atoms with Crippen molar-refractivity contribution in [2.75, 3.05) is 52.9 Å². The Morgan fingerprint density at radius 1 is 0.975 bits per heavy atom. The molecule has 1 saturated heterocycles. The Morgan fingerprint density at radius 3 is 2.40 bits per heavy atom. The average molecular weight is 543 g/mol. The molecule has 0 aromatic heterocycles. The fraction of sp³-hybridized carbons (Fsp3) is 0.290. The average Bonchev–Trinajstić information content (AvgIpc) is 2.99. The van der Waals surface area contributed by atoms with E-state index in [0.717, 1.165) is 16.9 Å². The van der Waals surface area contributed by atoms with Crippen molar-refractivity contribution in [2.45, 2.75) is 6.92 Å². The van der Waals surface area contributed by atoms with Gasteiger partial charge in [-0.25, -0.2) is 0 Å². The molecule has 3 aromatic carbocycles. The van der Waals surface area contributed by atoms with Gasteiger partial charge in [0.2, 0.25) is 0 Å². The molecule has 0 N–H and O–H groups in total. The molecule has 0 atom stereocenters. The molecule has 208 valence electrons. The van der Waals surface area contributed by atoms with E-state index in [9.17, 15) is 19.7 Å². The van der Waals surface area contributed by atoms with Crippen LogP contribution < -0.4 is 4.74 Å². The summed E-state index contributed by atoms with van der Waals surface area (Å²) >= 11 is 0. The molecule has 4 rings (SSSR count). The molecule has 0 bridgehead atoms. The predicted molar refractivity (Wildman–Crippen MR) is 155 cm³/mol. The molecule has 3 aromatic rings. The van der Waals surface area contributed by atoms with Crippen molar-refractivity contribution >= 4 is 23.6 Å². The van der Waals surface area contributed by atoms with Crippen molar-refractivity contribution in [1.82, 2.24) is 14.7 Å². The van der Waals surface area contributed by atoms with Crippen LogP contribution in [0.25, 0.3) is 6.08 Å². The molecule has 9 heteroatoms. The Labute approximate surface area is 234 Å². The number of aryl methyl sites for hydroxylation is 1. The third-order valence-corrected chi connectivity index (χ3v) is 7.00. The highest BCUT2D eigenvalue weighted by Gasteiger charge is 2.24. The maximum Gasteiger partial charge on any atom is 0.270 e. The second-order valence-corrected chi connectivity index (χ2v) is 9.70. The van der Waals surface area contributed by atoms with Crippen LogP contribution in [0.3, 0.4) is 0 Å². The zero-order chi connectivity index (χ0) is 28.5. The first-order valence-electron chi connectivity index (χ1n) is 13.3.